The lowest BCUT2D eigenvalue weighted by Gasteiger charge is -2.33. The number of unbranched alkanes of at least 4 members (excludes halogenated alkanes) is 1. The van der Waals surface area contributed by atoms with Gasteiger partial charge in [-0.25, -0.2) is 9.07 Å². The third-order valence-electron chi connectivity index (χ3n) is 7.66. The second kappa shape index (κ2) is 24.2. The van der Waals surface area contributed by atoms with Crippen molar-refractivity contribution in [3.63, 3.8) is 0 Å². The zero-order valence-corrected chi connectivity index (χ0v) is 31.5. The Bertz CT molecular complexity index is 1450. The maximum Gasteiger partial charge on any atom is 0.411 e. The highest BCUT2D eigenvalue weighted by Crippen LogP contribution is 2.28. The van der Waals surface area contributed by atoms with Gasteiger partial charge in [0.1, 0.15) is 11.5 Å². The number of ketones is 1. The Labute approximate surface area is 298 Å². The third-order valence-corrected chi connectivity index (χ3v) is 7.66. The zero-order valence-electron chi connectivity index (χ0n) is 31.5. The number of piperidine rings is 1. The minimum atomic E-state index is -4.19. The highest BCUT2D eigenvalue weighted by molar-refractivity contribution is 5.93. The van der Waals surface area contributed by atoms with Crippen molar-refractivity contribution in [2.24, 2.45) is 5.73 Å². The number of carbonyl (C=O) groups is 1. The van der Waals surface area contributed by atoms with Gasteiger partial charge in [0, 0.05) is 50.0 Å². The van der Waals surface area contributed by atoms with Crippen LogP contribution in [0.2, 0.25) is 0 Å². The molecule has 2 N–H and O–H groups in total. The number of nitrogens with two attached hydrogens (primary N) is 1. The van der Waals surface area contributed by atoms with Crippen LogP contribution < -0.4 is 10.6 Å². The van der Waals surface area contributed by atoms with Crippen molar-refractivity contribution in [1.82, 2.24) is 9.78 Å². The van der Waals surface area contributed by atoms with Crippen LogP contribution in [-0.4, -0.2) is 54.1 Å². The largest absolute Gasteiger partial charge is 0.411 e. The van der Waals surface area contributed by atoms with Crippen LogP contribution in [0.1, 0.15) is 110 Å². The van der Waals surface area contributed by atoms with Crippen molar-refractivity contribution in [2.75, 3.05) is 25.1 Å². The van der Waals surface area contributed by atoms with Gasteiger partial charge in [-0.15, -0.1) is 6.42 Å². The summed E-state index contributed by atoms with van der Waals surface area (Å²) in [6.07, 6.45) is 8.36. The van der Waals surface area contributed by atoms with Crippen molar-refractivity contribution in [2.45, 2.75) is 112 Å². The number of allylic oxidation sites excluding steroid dienone is 1. The molecule has 2 heterocycles. The highest BCUT2D eigenvalue weighted by Gasteiger charge is 2.27. The summed E-state index contributed by atoms with van der Waals surface area (Å²) in [5, 5.41) is 4.47. The van der Waals surface area contributed by atoms with Crippen molar-refractivity contribution < 1.29 is 27.1 Å². The second-order valence-electron chi connectivity index (χ2n) is 11.2. The number of carbonyl (C=O) groups excluding carboxylic acids is 1. The van der Waals surface area contributed by atoms with Gasteiger partial charge in [0.2, 0.25) is 0 Å². The van der Waals surface area contributed by atoms with Crippen molar-refractivity contribution in [3.8, 4) is 29.3 Å². The number of hydrogen-bond donors (Lipinski definition) is 1. The number of benzene rings is 2. The third kappa shape index (κ3) is 15.3. The molecule has 1 aliphatic rings. The molecule has 0 saturated carbocycles. The monoisotopic (exact) mass is 702 g/mol. The van der Waals surface area contributed by atoms with Gasteiger partial charge in [-0.2, -0.15) is 18.3 Å². The van der Waals surface area contributed by atoms with E-state index in [1.54, 1.807) is 30.0 Å². The number of hydrogen-bond acceptors (Lipinski definition) is 5. The van der Waals surface area contributed by atoms with E-state index in [9.17, 15) is 22.4 Å². The SMILES string of the molecule is C#Cc1ccc(-c2cc(C(C)=O)nn2-c2ccc(N3CCC(OC)CC3)cc2)cc1F.C=C(C)C(F)(F)F.CC.CC.CCCCC(N)CC. The van der Waals surface area contributed by atoms with E-state index < -0.39 is 17.6 Å². The van der Waals surface area contributed by atoms with Gasteiger partial charge in [-0.1, -0.05) is 72.9 Å². The Balaban J connectivity index is 0.00000105. The van der Waals surface area contributed by atoms with E-state index in [0.717, 1.165) is 50.7 Å². The molecule has 0 amide bonds. The lowest BCUT2D eigenvalue weighted by atomic mass is 10.1. The molecule has 1 aromatic heterocycles. The molecule has 1 unspecified atom stereocenters. The van der Waals surface area contributed by atoms with Crippen LogP contribution in [-0.2, 0) is 4.74 Å². The van der Waals surface area contributed by atoms with Crippen molar-refractivity contribution in [3.05, 3.63) is 77.8 Å². The number of nitrogens with zero attached hydrogens (tertiary/aromatic N) is 3. The Kier molecular flexibility index (Phi) is 22.3. The van der Waals surface area contributed by atoms with Gasteiger partial charge in [0.05, 0.1) is 23.0 Å². The Morgan fingerprint density at radius 2 is 1.58 bits per heavy atom. The van der Waals surface area contributed by atoms with Crippen LogP contribution >= 0.6 is 0 Å². The molecule has 1 atom stereocenters. The molecule has 4 rings (SSSR count). The molecular formula is C40H58F4N4O2. The first-order chi connectivity index (χ1) is 23.7. The molecule has 0 aliphatic carbocycles. The topological polar surface area (TPSA) is 73.4 Å². The molecule has 1 aliphatic heterocycles. The van der Waals surface area contributed by atoms with Gasteiger partial charge in [-0.05, 0) is 75.1 Å². The van der Waals surface area contributed by atoms with E-state index >= 15 is 0 Å². The molecule has 0 spiro atoms. The fourth-order valence-corrected chi connectivity index (χ4v) is 4.57. The predicted octanol–water partition coefficient (Wildman–Crippen LogP) is 10.6. The summed E-state index contributed by atoms with van der Waals surface area (Å²) >= 11 is 0. The lowest BCUT2D eigenvalue weighted by Crippen LogP contribution is -2.36. The minimum absolute atomic E-state index is 0.154. The first-order valence-corrected chi connectivity index (χ1v) is 17.5. The number of Topliss-reactive ketones (excluding diaryl/α,β-unsaturated/α-hetero) is 1. The summed E-state index contributed by atoms with van der Waals surface area (Å²) in [6.45, 7) is 19.3. The Hall–Kier alpha value is -3.94. The molecule has 3 aromatic rings. The van der Waals surface area contributed by atoms with E-state index in [1.165, 1.54) is 32.3 Å². The number of terminal acetylenes is 1. The van der Waals surface area contributed by atoms with Gasteiger partial charge >= 0.3 is 6.18 Å². The summed E-state index contributed by atoms with van der Waals surface area (Å²) in [7, 11) is 1.76. The maximum absolute atomic E-state index is 14.3. The van der Waals surface area contributed by atoms with Crippen molar-refractivity contribution in [1.29, 1.82) is 0 Å². The van der Waals surface area contributed by atoms with Crippen LogP contribution in [0.3, 0.4) is 0 Å². The quantitative estimate of drug-likeness (QED) is 0.104. The molecular weight excluding hydrogens is 644 g/mol. The minimum Gasteiger partial charge on any atom is -0.381 e. The molecule has 6 nitrogen and oxygen atoms in total. The highest BCUT2D eigenvalue weighted by atomic mass is 19.4. The predicted molar refractivity (Wildman–Crippen MR) is 200 cm³/mol. The molecule has 0 radical (unpaired) electrons. The second-order valence-corrected chi connectivity index (χ2v) is 11.2. The number of methoxy groups -OCH3 is 1. The van der Waals surface area contributed by atoms with E-state index in [2.05, 4.69) is 36.3 Å². The Morgan fingerprint density at radius 1 is 1.04 bits per heavy atom. The van der Waals surface area contributed by atoms with Crippen LogP contribution in [0.15, 0.2) is 60.7 Å². The van der Waals surface area contributed by atoms with Crippen LogP contribution in [0.25, 0.3) is 16.9 Å². The molecule has 50 heavy (non-hydrogen) atoms. The number of rotatable bonds is 9. The summed E-state index contributed by atoms with van der Waals surface area (Å²) in [5.74, 6) is 1.69. The molecule has 10 heteroatoms. The van der Waals surface area contributed by atoms with Crippen LogP contribution in [0, 0.1) is 18.2 Å². The molecule has 2 aromatic carbocycles. The first-order valence-electron chi connectivity index (χ1n) is 17.5. The number of halogens is 4. The van der Waals surface area contributed by atoms with E-state index in [1.807, 2.05) is 52.0 Å². The van der Waals surface area contributed by atoms with Crippen molar-refractivity contribution >= 4 is 11.5 Å². The van der Waals surface area contributed by atoms with Crippen LogP contribution in [0.4, 0.5) is 23.2 Å². The van der Waals surface area contributed by atoms with Gasteiger partial charge in [-0.3, -0.25) is 4.79 Å². The fraction of sp³-hybridized carbons (Fsp3) is 0.500. The van der Waals surface area contributed by atoms with E-state index in [-0.39, 0.29) is 11.3 Å². The first kappa shape index (κ1) is 46.1. The smallest absolute Gasteiger partial charge is 0.381 e. The fourth-order valence-electron chi connectivity index (χ4n) is 4.57. The average Bonchev–Trinajstić information content (AvgIpc) is 3.59. The lowest BCUT2D eigenvalue weighted by molar-refractivity contribution is -0.0909. The number of aromatic nitrogens is 2. The number of alkyl halides is 3. The number of ether oxygens (including phenoxy) is 1. The number of anilines is 1. The summed E-state index contributed by atoms with van der Waals surface area (Å²) in [4.78, 5) is 14.3. The summed E-state index contributed by atoms with van der Waals surface area (Å²) in [6, 6.07) is 14.8. The van der Waals surface area contributed by atoms with E-state index in [0.29, 0.717) is 29.1 Å². The average molecular weight is 703 g/mol. The maximum atomic E-state index is 14.3. The Morgan fingerprint density at radius 3 is 2.00 bits per heavy atom. The van der Waals surface area contributed by atoms with Gasteiger partial charge in [0.15, 0.2) is 5.78 Å². The van der Waals surface area contributed by atoms with Gasteiger partial charge in [0.25, 0.3) is 0 Å². The molecule has 0 bridgehead atoms. The molecule has 1 saturated heterocycles. The standard InChI is InChI=1S/C25H24FN3O2.C7H17N.C4H5F3.2C2H6/c1-4-18-5-6-19(15-23(18)26)25-16-24(17(2)30)27-29(25)21-9-7-20(8-10-21)28-13-11-22(31-3)12-14-28;1-3-5-6-7(8)4-2;1-3(2)4(5,6)7;2*1-2/h1,5-10,15-16,22H,11-14H2,2-3H3;7H,3-6,8H2,1-2H3;1H2,2H3;2*1-2H3. The molecule has 1 fully saturated rings. The zero-order chi connectivity index (χ0) is 38.4. The van der Waals surface area contributed by atoms with Crippen LogP contribution in [0.5, 0.6) is 0 Å². The summed E-state index contributed by atoms with van der Waals surface area (Å²) in [5.41, 5.74) is 8.57. The van der Waals surface area contributed by atoms with E-state index in [4.69, 9.17) is 16.9 Å². The molecule has 278 valence electrons. The summed E-state index contributed by atoms with van der Waals surface area (Å²) < 4.78 is 54.6. The van der Waals surface area contributed by atoms with Gasteiger partial charge < -0.3 is 15.4 Å². The normalized spacial score (nSPS) is 13.0.